The average molecular weight is 357 g/mol. The summed E-state index contributed by atoms with van der Waals surface area (Å²) in [5.74, 6) is 0.200. The summed E-state index contributed by atoms with van der Waals surface area (Å²) in [5, 5.41) is 3.16. The molecule has 0 unspecified atom stereocenters. The van der Waals surface area contributed by atoms with E-state index in [0.717, 1.165) is 38.8 Å². The number of carbonyl (C=O) groups is 2. The maximum Gasteiger partial charge on any atom is 0.317 e. The van der Waals surface area contributed by atoms with Crippen LogP contribution in [0.4, 0.5) is 4.79 Å². The van der Waals surface area contributed by atoms with E-state index in [1.807, 2.05) is 21.9 Å². The molecule has 0 aromatic heterocycles. The lowest BCUT2D eigenvalue weighted by Crippen LogP contribution is -2.45. The molecular formula is C21H31N3O2. The van der Waals surface area contributed by atoms with Crippen molar-refractivity contribution in [2.45, 2.75) is 57.9 Å². The highest BCUT2D eigenvalue weighted by Gasteiger charge is 2.24. The van der Waals surface area contributed by atoms with E-state index in [-0.39, 0.29) is 11.9 Å². The van der Waals surface area contributed by atoms with Crippen molar-refractivity contribution in [3.05, 3.63) is 35.4 Å². The standard InChI is InChI=1S/C21H31N3O2/c1-17-7-2-3-8-18(17)11-12-20(25)23-13-6-14-24(16-15-23)21(26)22-19-9-4-5-10-19/h2-3,7-8,19H,4-6,9-16H2,1H3,(H,22,26). The Morgan fingerprint density at radius 1 is 1.00 bits per heavy atom. The first-order valence-electron chi connectivity index (χ1n) is 10.0. The van der Waals surface area contributed by atoms with Gasteiger partial charge >= 0.3 is 6.03 Å². The summed E-state index contributed by atoms with van der Waals surface area (Å²) < 4.78 is 0. The quantitative estimate of drug-likeness (QED) is 0.900. The summed E-state index contributed by atoms with van der Waals surface area (Å²) >= 11 is 0. The van der Waals surface area contributed by atoms with Crippen molar-refractivity contribution in [3.8, 4) is 0 Å². The average Bonchev–Trinajstić information content (AvgIpc) is 3.02. The Labute approximate surface area is 156 Å². The predicted octanol–water partition coefficient (Wildman–Crippen LogP) is 3.11. The van der Waals surface area contributed by atoms with Gasteiger partial charge in [-0.15, -0.1) is 0 Å². The van der Waals surface area contributed by atoms with Crippen molar-refractivity contribution in [3.63, 3.8) is 0 Å². The smallest absolute Gasteiger partial charge is 0.317 e. The van der Waals surface area contributed by atoms with Crippen LogP contribution in [-0.2, 0) is 11.2 Å². The zero-order valence-corrected chi connectivity index (χ0v) is 15.9. The molecule has 1 aromatic rings. The van der Waals surface area contributed by atoms with Gasteiger partial charge in [0.2, 0.25) is 5.91 Å². The van der Waals surface area contributed by atoms with Crippen molar-refractivity contribution >= 4 is 11.9 Å². The topological polar surface area (TPSA) is 52.7 Å². The second-order valence-electron chi connectivity index (χ2n) is 7.58. The number of nitrogens with zero attached hydrogens (tertiary/aromatic N) is 2. The molecule has 26 heavy (non-hydrogen) atoms. The number of hydrogen-bond acceptors (Lipinski definition) is 2. The number of amides is 3. The minimum Gasteiger partial charge on any atom is -0.341 e. The van der Waals surface area contributed by atoms with Crippen molar-refractivity contribution in [2.24, 2.45) is 0 Å². The van der Waals surface area contributed by atoms with Gasteiger partial charge in [0.05, 0.1) is 0 Å². The lowest BCUT2D eigenvalue weighted by atomic mass is 10.0. The van der Waals surface area contributed by atoms with Crippen LogP contribution in [0.15, 0.2) is 24.3 Å². The number of aryl methyl sites for hydroxylation is 2. The number of urea groups is 1. The molecule has 2 fully saturated rings. The second kappa shape index (κ2) is 9.06. The Balaban J connectivity index is 1.46. The van der Waals surface area contributed by atoms with Gasteiger partial charge in [0, 0.05) is 38.6 Å². The number of rotatable bonds is 4. The van der Waals surface area contributed by atoms with Gasteiger partial charge in [-0.25, -0.2) is 4.79 Å². The van der Waals surface area contributed by atoms with Gasteiger partial charge in [-0.2, -0.15) is 0 Å². The van der Waals surface area contributed by atoms with E-state index in [1.165, 1.54) is 24.0 Å². The van der Waals surface area contributed by atoms with E-state index in [1.54, 1.807) is 0 Å². The summed E-state index contributed by atoms with van der Waals surface area (Å²) in [6.45, 7) is 4.85. The van der Waals surface area contributed by atoms with E-state index >= 15 is 0 Å². The van der Waals surface area contributed by atoms with Gasteiger partial charge in [0.25, 0.3) is 0 Å². The third-order valence-electron chi connectivity index (χ3n) is 5.69. The minimum atomic E-state index is 0.0473. The van der Waals surface area contributed by atoms with E-state index in [4.69, 9.17) is 0 Å². The van der Waals surface area contributed by atoms with Gasteiger partial charge in [-0.3, -0.25) is 4.79 Å². The maximum atomic E-state index is 12.6. The summed E-state index contributed by atoms with van der Waals surface area (Å²) in [7, 11) is 0. The fourth-order valence-electron chi connectivity index (χ4n) is 4.00. The molecule has 1 aliphatic carbocycles. The van der Waals surface area contributed by atoms with Crippen LogP contribution in [0.2, 0.25) is 0 Å². The second-order valence-corrected chi connectivity index (χ2v) is 7.58. The molecule has 0 atom stereocenters. The molecule has 1 N–H and O–H groups in total. The van der Waals surface area contributed by atoms with Gasteiger partial charge in [0.1, 0.15) is 0 Å². The summed E-state index contributed by atoms with van der Waals surface area (Å²) in [6.07, 6.45) is 6.82. The van der Waals surface area contributed by atoms with Crippen molar-refractivity contribution in [2.75, 3.05) is 26.2 Å². The SMILES string of the molecule is Cc1ccccc1CCC(=O)N1CCCN(C(=O)NC2CCCC2)CC1. The van der Waals surface area contributed by atoms with E-state index in [9.17, 15) is 9.59 Å². The number of carbonyl (C=O) groups excluding carboxylic acids is 2. The molecule has 5 nitrogen and oxygen atoms in total. The first-order valence-corrected chi connectivity index (χ1v) is 10.0. The van der Waals surface area contributed by atoms with Gasteiger partial charge in [-0.05, 0) is 43.7 Å². The number of nitrogens with one attached hydrogen (secondary N) is 1. The van der Waals surface area contributed by atoms with Crippen LogP contribution < -0.4 is 5.32 Å². The number of hydrogen-bond donors (Lipinski definition) is 1. The zero-order chi connectivity index (χ0) is 18.4. The summed E-state index contributed by atoms with van der Waals surface area (Å²) in [5.41, 5.74) is 2.49. The Kier molecular flexibility index (Phi) is 6.53. The highest BCUT2D eigenvalue weighted by molar-refractivity contribution is 5.77. The van der Waals surface area contributed by atoms with Crippen LogP contribution >= 0.6 is 0 Å². The molecule has 0 spiro atoms. The first kappa shape index (κ1) is 18.7. The first-order chi connectivity index (χ1) is 12.6. The molecule has 1 saturated heterocycles. The summed E-state index contributed by atoms with van der Waals surface area (Å²) in [6, 6.07) is 8.64. The molecule has 1 saturated carbocycles. The lowest BCUT2D eigenvalue weighted by Gasteiger charge is -2.24. The van der Waals surface area contributed by atoms with Crippen LogP contribution in [0.5, 0.6) is 0 Å². The largest absolute Gasteiger partial charge is 0.341 e. The third kappa shape index (κ3) is 4.99. The van der Waals surface area contributed by atoms with Crippen LogP contribution in [0, 0.1) is 6.92 Å². The van der Waals surface area contributed by atoms with Crippen LogP contribution in [0.1, 0.15) is 49.7 Å². The van der Waals surface area contributed by atoms with Crippen LogP contribution in [-0.4, -0.2) is 54.0 Å². The molecule has 142 valence electrons. The molecule has 1 aromatic carbocycles. The Morgan fingerprint density at radius 3 is 2.46 bits per heavy atom. The van der Waals surface area contributed by atoms with E-state index < -0.39 is 0 Å². The van der Waals surface area contributed by atoms with Gasteiger partial charge < -0.3 is 15.1 Å². The minimum absolute atomic E-state index is 0.0473. The molecule has 2 aliphatic rings. The van der Waals surface area contributed by atoms with E-state index in [0.29, 0.717) is 25.6 Å². The predicted molar refractivity (Wildman–Crippen MR) is 103 cm³/mol. The fraction of sp³-hybridized carbons (Fsp3) is 0.619. The zero-order valence-electron chi connectivity index (χ0n) is 15.9. The lowest BCUT2D eigenvalue weighted by molar-refractivity contribution is -0.131. The molecule has 3 amide bonds. The van der Waals surface area contributed by atoms with Gasteiger partial charge in [-0.1, -0.05) is 37.1 Å². The monoisotopic (exact) mass is 357 g/mol. The van der Waals surface area contributed by atoms with Crippen molar-refractivity contribution in [1.82, 2.24) is 15.1 Å². The molecule has 0 radical (unpaired) electrons. The Hall–Kier alpha value is -2.04. The Morgan fingerprint density at radius 2 is 1.69 bits per heavy atom. The third-order valence-corrected chi connectivity index (χ3v) is 5.69. The fourth-order valence-corrected chi connectivity index (χ4v) is 4.00. The molecule has 1 aliphatic heterocycles. The summed E-state index contributed by atoms with van der Waals surface area (Å²) in [4.78, 5) is 28.9. The normalized spacial score (nSPS) is 18.7. The molecule has 0 bridgehead atoms. The molecular weight excluding hydrogens is 326 g/mol. The highest BCUT2D eigenvalue weighted by Crippen LogP contribution is 2.18. The van der Waals surface area contributed by atoms with Crippen LogP contribution in [0.3, 0.4) is 0 Å². The highest BCUT2D eigenvalue weighted by atomic mass is 16.2. The molecule has 1 heterocycles. The Bertz CT molecular complexity index is 625. The molecule has 3 rings (SSSR count). The van der Waals surface area contributed by atoms with Crippen molar-refractivity contribution < 1.29 is 9.59 Å². The maximum absolute atomic E-state index is 12.6. The van der Waals surface area contributed by atoms with Crippen molar-refractivity contribution in [1.29, 1.82) is 0 Å². The van der Waals surface area contributed by atoms with Gasteiger partial charge in [0.15, 0.2) is 0 Å². The van der Waals surface area contributed by atoms with Crippen LogP contribution in [0.25, 0.3) is 0 Å². The molecule has 5 heteroatoms. The van der Waals surface area contributed by atoms with E-state index in [2.05, 4.69) is 24.4 Å². The number of benzene rings is 1.